The Kier molecular flexibility index (Phi) is 5.28. The van der Waals surface area contributed by atoms with E-state index in [4.69, 9.17) is 9.47 Å². The highest BCUT2D eigenvalue weighted by Gasteiger charge is 2.11. The largest absolute Gasteiger partial charge is 0.497 e. The first kappa shape index (κ1) is 17.2. The minimum absolute atomic E-state index is 0.244. The molecule has 0 unspecified atom stereocenters. The van der Waals surface area contributed by atoms with Gasteiger partial charge in [-0.2, -0.15) is 0 Å². The second-order valence-corrected chi connectivity index (χ2v) is 5.30. The Balaban J connectivity index is 1.80. The van der Waals surface area contributed by atoms with Gasteiger partial charge < -0.3 is 20.1 Å². The van der Waals surface area contributed by atoms with Gasteiger partial charge >= 0.3 is 0 Å². The molecule has 26 heavy (non-hydrogen) atoms. The van der Waals surface area contributed by atoms with Crippen molar-refractivity contribution in [1.29, 1.82) is 0 Å². The van der Waals surface area contributed by atoms with Crippen LogP contribution in [0.5, 0.6) is 11.5 Å². The van der Waals surface area contributed by atoms with Crippen LogP contribution in [0.1, 0.15) is 10.5 Å². The molecule has 3 rings (SSSR count). The fraction of sp³-hybridized carbons (Fsp3) is 0.105. The van der Waals surface area contributed by atoms with Gasteiger partial charge in [0.25, 0.3) is 5.91 Å². The SMILES string of the molecule is COc1ccc(OC)c(Nc2cc(C(=O)Nc3ccccc3)ncn2)c1. The molecule has 1 heterocycles. The van der Waals surface area contributed by atoms with Crippen LogP contribution in [-0.2, 0) is 0 Å². The molecule has 2 aromatic carbocycles. The van der Waals surface area contributed by atoms with Gasteiger partial charge in [-0.15, -0.1) is 0 Å². The van der Waals surface area contributed by atoms with Crippen LogP contribution in [0.2, 0.25) is 0 Å². The smallest absolute Gasteiger partial charge is 0.274 e. The van der Waals surface area contributed by atoms with E-state index in [0.717, 1.165) is 0 Å². The van der Waals surface area contributed by atoms with Gasteiger partial charge in [-0.1, -0.05) is 18.2 Å². The number of carbonyl (C=O) groups is 1. The van der Waals surface area contributed by atoms with Crippen LogP contribution in [0.4, 0.5) is 17.2 Å². The predicted octanol–water partition coefficient (Wildman–Crippen LogP) is 3.49. The van der Waals surface area contributed by atoms with Crippen LogP contribution in [-0.4, -0.2) is 30.1 Å². The highest BCUT2D eigenvalue weighted by Crippen LogP contribution is 2.31. The lowest BCUT2D eigenvalue weighted by Gasteiger charge is -2.12. The van der Waals surface area contributed by atoms with Crippen molar-refractivity contribution in [3.63, 3.8) is 0 Å². The average molecular weight is 350 g/mol. The van der Waals surface area contributed by atoms with Crippen LogP contribution in [0.3, 0.4) is 0 Å². The number of nitrogens with zero attached hydrogens (tertiary/aromatic N) is 2. The van der Waals surface area contributed by atoms with Crippen molar-refractivity contribution in [3.05, 3.63) is 66.6 Å². The van der Waals surface area contributed by atoms with Crippen LogP contribution < -0.4 is 20.1 Å². The summed E-state index contributed by atoms with van der Waals surface area (Å²) in [5, 5.41) is 5.91. The number of amides is 1. The molecule has 0 bridgehead atoms. The fourth-order valence-corrected chi connectivity index (χ4v) is 2.32. The first-order valence-electron chi connectivity index (χ1n) is 7.87. The third kappa shape index (κ3) is 4.07. The molecule has 7 nitrogen and oxygen atoms in total. The molecule has 1 aromatic heterocycles. The van der Waals surface area contributed by atoms with Gasteiger partial charge in [0.1, 0.15) is 29.3 Å². The van der Waals surface area contributed by atoms with Crippen molar-refractivity contribution in [1.82, 2.24) is 9.97 Å². The number of carbonyl (C=O) groups excluding carboxylic acids is 1. The molecule has 0 aliphatic rings. The summed E-state index contributed by atoms with van der Waals surface area (Å²) in [7, 11) is 3.16. The number of rotatable bonds is 6. The molecule has 132 valence electrons. The first-order chi connectivity index (χ1) is 12.7. The molecule has 0 spiro atoms. The molecular formula is C19H18N4O3. The lowest BCUT2D eigenvalue weighted by molar-refractivity contribution is 0.102. The fourth-order valence-electron chi connectivity index (χ4n) is 2.32. The minimum atomic E-state index is -0.320. The number of para-hydroxylation sites is 1. The van der Waals surface area contributed by atoms with Gasteiger partial charge in [0.05, 0.1) is 19.9 Å². The van der Waals surface area contributed by atoms with Gasteiger partial charge in [-0.25, -0.2) is 9.97 Å². The molecule has 0 saturated heterocycles. The number of ether oxygens (including phenoxy) is 2. The van der Waals surface area contributed by atoms with Crippen LogP contribution in [0.25, 0.3) is 0 Å². The monoisotopic (exact) mass is 350 g/mol. The maximum Gasteiger partial charge on any atom is 0.274 e. The van der Waals surface area contributed by atoms with E-state index < -0.39 is 0 Å². The average Bonchev–Trinajstić information content (AvgIpc) is 2.69. The van der Waals surface area contributed by atoms with E-state index in [1.807, 2.05) is 18.2 Å². The molecule has 0 aliphatic heterocycles. The summed E-state index contributed by atoms with van der Waals surface area (Å²) in [5.74, 6) is 1.44. The van der Waals surface area contributed by atoms with Gasteiger partial charge in [0.15, 0.2) is 0 Å². The van der Waals surface area contributed by atoms with E-state index >= 15 is 0 Å². The number of nitrogens with one attached hydrogen (secondary N) is 2. The summed E-state index contributed by atoms with van der Waals surface area (Å²) in [4.78, 5) is 20.6. The highest BCUT2D eigenvalue weighted by molar-refractivity contribution is 6.03. The van der Waals surface area contributed by atoms with E-state index in [2.05, 4.69) is 20.6 Å². The second kappa shape index (κ2) is 7.98. The van der Waals surface area contributed by atoms with Gasteiger partial charge in [0.2, 0.25) is 0 Å². The molecule has 1 amide bonds. The molecule has 0 fully saturated rings. The summed E-state index contributed by atoms with van der Waals surface area (Å²) in [6.45, 7) is 0. The topological polar surface area (TPSA) is 85.4 Å². The summed E-state index contributed by atoms with van der Waals surface area (Å²) < 4.78 is 10.6. The van der Waals surface area contributed by atoms with Gasteiger partial charge in [-0.05, 0) is 24.3 Å². The zero-order valence-corrected chi connectivity index (χ0v) is 14.4. The Morgan fingerprint density at radius 2 is 1.77 bits per heavy atom. The molecule has 0 saturated carbocycles. The summed E-state index contributed by atoms with van der Waals surface area (Å²) in [6, 6.07) is 16.1. The van der Waals surface area contributed by atoms with Crippen molar-refractivity contribution < 1.29 is 14.3 Å². The number of anilines is 3. The Bertz CT molecular complexity index is 900. The maximum absolute atomic E-state index is 12.4. The Morgan fingerprint density at radius 3 is 2.50 bits per heavy atom. The predicted molar refractivity (Wildman–Crippen MR) is 99.3 cm³/mol. The molecule has 3 aromatic rings. The standard InChI is InChI=1S/C19H18N4O3/c1-25-14-8-9-17(26-2)15(10-14)23-18-11-16(20-12-21-18)19(24)22-13-6-4-3-5-7-13/h3-12H,1-2H3,(H,22,24)(H,20,21,23). The van der Waals surface area contributed by atoms with E-state index in [0.29, 0.717) is 28.7 Å². The second-order valence-electron chi connectivity index (χ2n) is 5.30. The van der Waals surface area contributed by atoms with E-state index in [1.54, 1.807) is 50.6 Å². The lowest BCUT2D eigenvalue weighted by atomic mass is 10.2. The number of hydrogen-bond donors (Lipinski definition) is 2. The Hall–Kier alpha value is -3.61. The van der Waals surface area contributed by atoms with E-state index in [1.165, 1.54) is 6.33 Å². The zero-order chi connectivity index (χ0) is 18.4. The quantitative estimate of drug-likeness (QED) is 0.708. The first-order valence-corrected chi connectivity index (χ1v) is 7.87. The molecular weight excluding hydrogens is 332 g/mol. The van der Waals surface area contributed by atoms with Crippen molar-refractivity contribution in [2.75, 3.05) is 24.9 Å². The van der Waals surface area contributed by atoms with Crippen molar-refractivity contribution in [2.45, 2.75) is 0 Å². The van der Waals surface area contributed by atoms with Crippen molar-refractivity contribution >= 4 is 23.1 Å². The highest BCUT2D eigenvalue weighted by atomic mass is 16.5. The van der Waals surface area contributed by atoms with Crippen LogP contribution >= 0.6 is 0 Å². The number of hydrogen-bond acceptors (Lipinski definition) is 6. The molecule has 0 atom stereocenters. The number of methoxy groups -OCH3 is 2. The lowest BCUT2D eigenvalue weighted by Crippen LogP contribution is -2.14. The summed E-state index contributed by atoms with van der Waals surface area (Å²) >= 11 is 0. The zero-order valence-electron chi connectivity index (χ0n) is 14.4. The Morgan fingerprint density at radius 1 is 0.962 bits per heavy atom. The molecule has 7 heteroatoms. The van der Waals surface area contributed by atoms with E-state index in [-0.39, 0.29) is 11.6 Å². The summed E-state index contributed by atoms with van der Waals surface area (Å²) in [6.07, 6.45) is 1.33. The Labute approximate surface area is 151 Å². The number of benzene rings is 2. The van der Waals surface area contributed by atoms with Gasteiger partial charge in [-0.3, -0.25) is 4.79 Å². The normalized spacial score (nSPS) is 10.1. The van der Waals surface area contributed by atoms with Crippen LogP contribution in [0, 0.1) is 0 Å². The molecule has 0 radical (unpaired) electrons. The van der Waals surface area contributed by atoms with Crippen molar-refractivity contribution in [2.24, 2.45) is 0 Å². The third-order valence-corrected chi connectivity index (χ3v) is 3.60. The van der Waals surface area contributed by atoms with Gasteiger partial charge in [0, 0.05) is 17.8 Å². The number of aromatic nitrogens is 2. The maximum atomic E-state index is 12.4. The molecule has 0 aliphatic carbocycles. The van der Waals surface area contributed by atoms with Crippen LogP contribution in [0.15, 0.2) is 60.9 Å². The molecule has 2 N–H and O–H groups in total. The van der Waals surface area contributed by atoms with E-state index in [9.17, 15) is 4.79 Å². The summed E-state index contributed by atoms with van der Waals surface area (Å²) in [5.41, 5.74) is 1.60. The van der Waals surface area contributed by atoms with Crippen molar-refractivity contribution in [3.8, 4) is 11.5 Å². The minimum Gasteiger partial charge on any atom is -0.497 e. The third-order valence-electron chi connectivity index (χ3n) is 3.60.